The van der Waals surface area contributed by atoms with Crippen LogP contribution in [0.15, 0.2) is 47.5 Å². The number of fused-ring (bicyclic) bond motifs is 1. The summed E-state index contributed by atoms with van der Waals surface area (Å²) in [6.45, 7) is 3.83. The van der Waals surface area contributed by atoms with Crippen molar-refractivity contribution >= 4 is 11.4 Å². The normalized spacial score (nSPS) is 14.6. The summed E-state index contributed by atoms with van der Waals surface area (Å²) in [4.78, 5) is 27.3. The van der Waals surface area contributed by atoms with Crippen LogP contribution >= 0.6 is 0 Å². The highest BCUT2D eigenvalue weighted by Gasteiger charge is 2.13. The monoisotopic (exact) mass is 380 g/mol. The van der Waals surface area contributed by atoms with Gasteiger partial charge in [-0.25, -0.2) is 9.20 Å². The quantitative estimate of drug-likeness (QED) is 0.622. The lowest BCUT2D eigenvalue weighted by Gasteiger charge is -2.14. The highest BCUT2D eigenvalue weighted by molar-refractivity contribution is 5.75. The van der Waals surface area contributed by atoms with E-state index in [0.29, 0.717) is 17.8 Å². The van der Waals surface area contributed by atoms with Gasteiger partial charge in [0.25, 0.3) is 5.56 Å². The number of benzene rings is 1. The molecule has 1 N–H and O–H groups in total. The number of nitrogens with one attached hydrogen (secondary N) is 1. The van der Waals surface area contributed by atoms with Gasteiger partial charge in [0.05, 0.1) is 5.69 Å². The van der Waals surface area contributed by atoms with Crippen LogP contribution in [0.25, 0.3) is 16.8 Å². The Labute approximate surface area is 162 Å². The smallest absolute Gasteiger partial charge is 0.293 e. The first-order chi connectivity index (χ1) is 13.7. The predicted molar refractivity (Wildman–Crippen MR) is 106 cm³/mol. The highest BCUT2D eigenvalue weighted by atomic mass is 16.2. The van der Waals surface area contributed by atoms with E-state index >= 15 is 0 Å². The standard InChI is InChI=1S/C20H24N6O2/c27-19(21-9-6-12-24-10-4-5-11-24)14-25-20(28)18-13-17(23-26(18)15-22-25)16-7-2-1-3-8-16/h1-3,7-8,13,15H,4-6,9-12,14H2,(H,21,27). The Balaban J connectivity index is 1.39. The molecule has 1 saturated heterocycles. The van der Waals surface area contributed by atoms with E-state index in [1.165, 1.54) is 28.4 Å². The van der Waals surface area contributed by atoms with E-state index < -0.39 is 0 Å². The van der Waals surface area contributed by atoms with Gasteiger partial charge < -0.3 is 10.2 Å². The van der Waals surface area contributed by atoms with E-state index in [0.717, 1.165) is 31.6 Å². The molecule has 0 spiro atoms. The van der Waals surface area contributed by atoms with Gasteiger partial charge in [0.1, 0.15) is 18.4 Å². The second-order valence-corrected chi connectivity index (χ2v) is 7.07. The number of nitrogens with zero attached hydrogens (tertiary/aromatic N) is 5. The molecule has 146 valence electrons. The van der Waals surface area contributed by atoms with Crippen molar-refractivity contribution in [3.8, 4) is 11.3 Å². The van der Waals surface area contributed by atoms with Crippen molar-refractivity contribution in [2.24, 2.45) is 0 Å². The third kappa shape index (κ3) is 4.12. The first kappa shape index (κ1) is 18.4. The van der Waals surface area contributed by atoms with Crippen LogP contribution in [0.3, 0.4) is 0 Å². The SMILES string of the molecule is O=C(Cn1ncn2nc(-c3ccccc3)cc2c1=O)NCCCN1CCCC1. The summed E-state index contributed by atoms with van der Waals surface area (Å²) >= 11 is 0. The maximum Gasteiger partial charge on any atom is 0.293 e. The number of hydrogen-bond acceptors (Lipinski definition) is 5. The van der Waals surface area contributed by atoms with E-state index in [1.54, 1.807) is 6.07 Å². The largest absolute Gasteiger partial charge is 0.354 e. The summed E-state index contributed by atoms with van der Waals surface area (Å²) in [5.41, 5.74) is 1.69. The number of carbonyl (C=O) groups excluding carboxylic acids is 1. The second-order valence-electron chi connectivity index (χ2n) is 7.07. The molecule has 0 saturated carbocycles. The van der Waals surface area contributed by atoms with Gasteiger partial charge in [0.15, 0.2) is 0 Å². The molecule has 1 aliphatic rings. The molecule has 3 heterocycles. The Morgan fingerprint density at radius 1 is 1.14 bits per heavy atom. The van der Waals surface area contributed by atoms with E-state index in [9.17, 15) is 9.59 Å². The lowest BCUT2D eigenvalue weighted by molar-refractivity contribution is -0.121. The number of carbonyl (C=O) groups is 1. The Morgan fingerprint density at radius 3 is 2.71 bits per heavy atom. The molecule has 0 atom stereocenters. The van der Waals surface area contributed by atoms with E-state index in [-0.39, 0.29) is 18.0 Å². The zero-order chi connectivity index (χ0) is 19.3. The van der Waals surface area contributed by atoms with Crippen molar-refractivity contribution in [3.05, 3.63) is 53.1 Å². The van der Waals surface area contributed by atoms with Gasteiger partial charge in [0.2, 0.25) is 5.91 Å². The van der Waals surface area contributed by atoms with Crippen LogP contribution in [0.1, 0.15) is 19.3 Å². The van der Waals surface area contributed by atoms with Gasteiger partial charge >= 0.3 is 0 Å². The Bertz CT molecular complexity index is 1000. The van der Waals surface area contributed by atoms with Crippen LogP contribution in [0.4, 0.5) is 0 Å². The topological polar surface area (TPSA) is 84.5 Å². The fraction of sp³-hybridized carbons (Fsp3) is 0.400. The van der Waals surface area contributed by atoms with Gasteiger partial charge in [-0.2, -0.15) is 10.2 Å². The summed E-state index contributed by atoms with van der Waals surface area (Å²) in [5, 5.41) is 11.4. The minimum atomic E-state index is -0.329. The van der Waals surface area contributed by atoms with Crippen molar-refractivity contribution in [1.29, 1.82) is 0 Å². The molecule has 1 fully saturated rings. The number of rotatable bonds is 7. The first-order valence-corrected chi connectivity index (χ1v) is 9.71. The van der Waals surface area contributed by atoms with Crippen molar-refractivity contribution in [3.63, 3.8) is 0 Å². The summed E-state index contributed by atoms with van der Waals surface area (Å²) in [5.74, 6) is -0.205. The van der Waals surface area contributed by atoms with Gasteiger partial charge in [-0.3, -0.25) is 9.59 Å². The highest BCUT2D eigenvalue weighted by Crippen LogP contribution is 2.17. The molecule has 0 bridgehead atoms. The summed E-state index contributed by atoms with van der Waals surface area (Å²) < 4.78 is 2.64. The van der Waals surface area contributed by atoms with Crippen molar-refractivity contribution in [2.75, 3.05) is 26.2 Å². The third-order valence-electron chi connectivity index (χ3n) is 5.02. The van der Waals surface area contributed by atoms with Crippen LogP contribution in [0, 0.1) is 0 Å². The molecule has 4 rings (SSSR count). The van der Waals surface area contributed by atoms with E-state index in [2.05, 4.69) is 20.4 Å². The van der Waals surface area contributed by atoms with Crippen LogP contribution < -0.4 is 10.9 Å². The minimum absolute atomic E-state index is 0.0924. The van der Waals surface area contributed by atoms with Crippen molar-refractivity contribution in [1.82, 2.24) is 29.6 Å². The van der Waals surface area contributed by atoms with Crippen molar-refractivity contribution < 1.29 is 4.79 Å². The Hall–Kier alpha value is -3.00. The molecule has 0 unspecified atom stereocenters. The Kier molecular flexibility index (Phi) is 5.48. The molecule has 3 aromatic rings. The van der Waals surface area contributed by atoms with Gasteiger partial charge in [-0.05, 0) is 45.0 Å². The maximum absolute atomic E-state index is 12.7. The first-order valence-electron chi connectivity index (χ1n) is 9.71. The number of amides is 1. The molecular weight excluding hydrogens is 356 g/mol. The summed E-state index contributed by atoms with van der Waals surface area (Å²) in [6.07, 6.45) is 4.91. The number of likely N-dealkylation sites (tertiary alicyclic amines) is 1. The molecule has 2 aromatic heterocycles. The number of aromatic nitrogens is 4. The fourth-order valence-electron chi connectivity index (χ4n) is 3.53. The summed E-state index contributed by atoms with van der Waals surface area (Å²) in [7, 11) is 0. The zero-order valence-corrected chi connectivity index (χ0v) is 15.8. The molecule has 28 heavy (non-hydrogen) atoms. The fourth-order valence-corrected chi connectivity index (χ4v) is 3.53. The van der Waals surface area contributed by atoms with Gasteiger partial charge in [-0.15, -0.1) is 0 Å². The predicted octanol–water partition coefficient (Wildman–Crippen LogP) is 1.16. The lowest BCUT2D eigenvalue weighted by atomic mass is 10.1. The molecule has 8 heteroatoms. The summed E-state index contributed by atoms with van der Waals surface area (Å²) in [6, 6.07) is 11.4. The molecular formula is C20H24N6O2. The minimum Gasteiger partial charge on any atom is -0.354 e. The second kappa shape index (κ2) is 8.35. The third-order valence-corrected chi connectivity index (χ3v) is 5.02. The molecule has 1 aliphatic heterocycles. The molecule has 8 nitrogen and oxygen atoms in total. The average Bonchev–Trinajstić information content (AvgIpc) is 3.38. The van der Waals surface area contributed by atoms with Crippen LogP contribution in [0.5, 0.6) is 0 Å². The van der Waals surface area contributed by atoms with Crippen LogP contribution in [0.2, 0.25) is 0 Å². The molecule has 1 amide bonds. The average molecular weight is 380 g/mol. The zero-order valence-electron chi connectivity index (χ0n) is 15.8. The molecule has 1 aromatic carbocycles. The van der Waals surface area contributed by atoms with Gasteiger partial charge in [-0.1, -0.05) is 30.3 Å². The Morgan fingerprint density at radius 2 is 1.93 bits per heavy atom. The number of hydrogen-bond donors (Lipinski definition) is 1. The van der Waals surface area contributed by atoms with E-state index in [4.69, 9.17) is 0 Å². The van der Waals surface area contributed by atoms with Crippen LogP contribution in [-0.2, 0) is 11.3 Å². The van der Waals surface area contributed by atoms with E-state index in [1.807, 2.05) is 30.3 Å². The molecule has 0 aliphatic carbocycles. The van der Waals surface area contributed by atoms with Crippen LogP contribution in [-0.4, -0.2) is 56.4 Å². The van der Waals surface area contributed by atoms with Crippen molar-refractivity contribution in [2.45, 2.75) is 25.8 Å². The molecule has 0 radical (unpaired) electrons. The lowest BCUT2D eigenvalue weighted by Crippen LogP contribution is -2.35. The van der Waals surface area contributed by atoms with Gasteiger partial charge in [0, 0.05) is 12.1 Å². The maximum atomic E-state index is 12.7.